The molecule has 0 bridgehead atoms. The van der Waals surface area contributed by atoms with Crippen LogP contribution in [0.4, 0.5) is 0 Å². The fraction of sp³-hybridized carbons (Fsp3) is 0.583. The van der Waals surface area contributed by atoms with Crippen LogP contribution >= 0.6 is 0 Å². The van der Waals surface area contributed by atoms with Gasteiger partial charge in [0, 0.05) is 12.7 Å². The van der Waals surface area contributed by atoms with Gasteiger partial charge in [0.25, 0.3) is 5.91 Å². The van der Waals surface area contributed by atoms with Gasteiger partial charge in [-0.15, -0.1) is 0 Å². The largest absolute Gasteiger partial charge is 0.394 e. The lowest BCUT2D eigenvalue weighted by molar-refractivity contribution is 0.0859. The second-order valence-corrected chi connectivity index (χ2v) is 4.58. The SMILES string of the molecule is CCCn1cccc1C(=O)NC(C)(C)CO. The van der Waals surface area contributed by atoms with Crippen LogP contribution in [0, 0.1) is 0 Å². The van der Waals surface area contributed by atoms with E-state index in [2.05, 4.69) is 12.2 Å². The summed E-state index contributed by atoms with van der Waals surface area (Å²) in [5.74, 6) is -0.141. The van der Waals surface area contributed by atoms with E-state index < -0.39 is 5.54 Å². The molecule has 4 nitrogen and oxygen atoms in total. The summed E-state index contributed by atoms with van der Waals surface area (Å²) in [6.45, 7) is 6.40. The maximum atomic E-state index is 11.9. The molecule has 0 saturated carbocycles. The Morgan fingerprint density at radius 3 is 2.81 bits per heavy atom. The molecule has 0 spiro atoms. The number of amides is 1. The van der Waals surface area contributed by atoms with Crippen molar-refractivity contribution >= 4 is 5.91 Å². The highest BCUT2D eigenvalue weighted by molar-refractivity contribution is 5.93. The molecular formula is C12H20N2O2. The van der Waals surface area contributed by atoms with Crippen LogP contribution in [-0.2, 0) is 6.54 Å². The fourth-order valence-corrected chi connectivity index (χ4v) is 1.47. The average Bonchev–Trinajstić information content (AvgIpc) is 2.66. The highest BCUT2D eigenvalue weighted by Crippen LogP contribution is 2.07. The minimum Gasteiger partial charge on any atom is -0.394 e. The van der Waals surface area contributed by atoms with Crippen LogP contribution in [-0.4, -0.2) is 27.7 Å². The molecule has 1 heterocycles. The van der Waals surface area contributed by atoms with Crippen molar-refractivity contribution in [3.05, 3.63) is 24.0 Å². The van der Waals surface area contributed by atoms with Crippen LogP contribution < -0.4 is 5.32 Å². The lowest BCUT2D eigenvalue weighted by Gasteiger charge is -2.23. The molecule has 0 aliphatic heterocycles. The molecule has 0 unspecified atom stereocenters. The van der Waals surface area contributed by atoms with Crippen molar-refractivity contribution < 1.29 is 9.90 Å². The molecule has 0 aromatic carbocycles. The first-order valence-corrected chi connectivity index (χ1v) is 5.58. The minimum atomic E-state index is -0.585. The number of rotatable bonds is 5. The van der Waals surface area contributed by atoms with Gasteiger partial charge in [0.1, 0.15) is 5.69 Å². The zero-order valence-corrected chi connectivity index (χ0v) is 10.2. The number of aliphatic hydroxyl groups excluding tert-OH is 1. The standard InChI is InChI=1S/C12H20N2O2/c1-4-7-14-8-5-6-10(14)11(16)13-12(2,3)9-15/h5-6,8,15H,4,7,9H2,1-3H3,(H,13,16). The van der Waals surface area contributed by atoms with Gasteiger partial charge in [0.2, 0.25) is 0 Å². The Balaban J connectivity index is 2.76. The third-order valence-corrected chi connectivity index (χ3v) is 2.37. The van der Waals surface area contributed by atoms with Gasteiger partial charge in [0.05, 0.1) is 12.1 Å². The molecule has 1 amide bonds. The number of hydrogen-bond donors (Lipinski definition) is 2. The minimum absolute atomic E-state index is 0.0762. The van der Waals surface area contributed by atoms with E-state index in [1.54, 1.807) is 19.9 Å². The van der Waals surface area contributed by atoms with Crippen LogP contribution in [0.15, 0.2) is 18.3 Å². The van der Waals surface area contributed by atoms with E-state index in [-0.39, 0.29) is 12.5 Å². The first-order valence-electron chi connectivity index (χ1n) is 5.58. The third-order valence-electron chi connectivity index (χ3n) is 2.37. The summed E-state index contributed by atoms with van der Waals surface area (Å²) in [7, 11) is 0. The van der Waals surface area contributed by atoms with Crippen LogP contribution in [0.25, 0.3) is 0 Å². The van der Waals surface area contributed by atoms with Crippen molar-refractivity contribution in [1.82, 2.24) is 9.88 Å². The molecule has 1 aromatic heterocycles. The number of nitrogens with one attached hydrogen (secondary N) is 1. The summed E-state index contributed by atoms with van der Waals surface area (Å²) in [6, 6.07) is 3.65. The van der Waals surface area contributed by atoms with Gasteiger partial charge in [-0.2, -0.15) is 0 Å². The molecule has 1 rings (SSSR count). The molecular weight excluding hydrogens is 204 g/mol. The van der Waals surface area contributed by atoms with Crippen molar-refractivity contribution in [3.63, 3.8) is 0 Å². The Morgan fingerprint density at radius 1 is 1.56 bits per heavy atom. The molecule has 0 aliphatic carbocycles. The fourth-order valence-electron chi connectivity index (χ4n) is 1.47. The number of aliphatic hydroxyl groups is 1. The normalized spacial score (nSPS) is 11.5. The molecule has 4 heteroatoms. The highest BCUT2D eigenvalue weighted by Gasteiger charge is 2.21. The van der Waals surface area contributed by atoms with E-state index in [4.69, 9.17) is 5.11 Å². The van der Waals surface area contributed by atoms with E-state index >= 15 is 0 Å². The van der Waals surface area contributed by atoms with Crippen LogP contribution in [0.1, 0.15) is 37.7 Å². The Morgan fingerprint density at radius 2 is 2.25 bits per heavy atom. The second kappa shape index (κ2) is 5.16. The van der Waals surface area contributed by atoms with Crippen LogP contribution in [0.3, 0.4) is 0 Å². The van der Waals surface area contributed by atoms with Crippen molar-refractivity contribution in [2.45, 2.75) is 39.3 Å². The molecule has 0 saturated heterocycles. The maximum absolute atomic E-state index is 11.9. The van der Waals surface area contributed by atoms with Crippen molar-refractivity contribution in [1.29, 1.82) is 0 Å². The quantitative estimate of drug-likeness (QED) is 0.794. The molecule has 90 valence electrons. The number of carbonyl (C=O) groups is 1. The summed E-state index contributed by atoms with van der Waals surface area (Å²) in [5.41, 5.74) is 0.0571. The molecule has 2 N–H and O–H groups in total. The zero-order valence-electron chi connectivity index (χ0n) is 10.2. The lowest BCUT2D eigenvalue weighted by atomic mass is 10.1. The van der Waals surface area contributed by atoms with E-state index in [0.717, 1.165) is 13.0 Å². The van der Waals surface area contributed by atoms with Gasteiger partial charge in [-0.25, -0.2) is 0 Å². The van der Waals surface area contributed by atoms with Crippen molar-refractivity contribution in [2.75, 3.05) is 6.61 Å². The predicted octanol–water partition coefficient (Wildman–Crippen LogP) is 1.40. The van der Waals surface area contributed by atoms with Crippen LogP contribution in [0.2, 0.25) is 0 Å². The first kappa shape index (κ1) is 12.8. The summed E-state index contributed by atoms with van der Waals surface area (Å²) >= 11 is 0. The van der Waals surface area contributed by atoms with E-state index in [0.29, 0.717) is 5.69 Å². The maximum Gasteiger partial charge on any atom is 0.268 e. The Labute approximate surface area is 96.3 Å². The van der Waals surface area contributed by atoms with Gasteiger partial charge in [0.15, 0.2) is 0 Å². The molecule has 0 fully saturated rings. The first-order chi connectivity index (χ1) is 7.50. The smallest absolute Gasteiger partial charge is 0.268 e. The Bertz CT molecular complexity index is 356. The topological polar surface area (TPSA) is 54.3 Å². The Hall–Kier alpha value is -1.29. The zero-order chi connectivity index (χ0) is 12.2. The molecule has 1 aromatic rings. The average molecular weight is 224 g/mol. The monoisotopic (exact) mass is 224 g/mol. The van der Waals surface area contributed by atoms with Gasteiger partial charge in [-0.1, -0.05) is 6.92 Å². The predicted molar refractivity (Wildman–Crippen MR) is 63.4 cm³/mol. The van der Waals surface area contributed by atoms with Gasteiger partial charge >= 0.3 is 0 Å². The van der Waals surface area contributed by atoms with E-state index in [1.807, 2.05) is 16.8 Å². The van der Waals surface area contributed by atoms with E-state index in [9.17, 15) is 4.79 Å². The molecule has 0 atom stereocenters. The van der Waals surface area contributed by atoms with Crippen molar-refractivity contribution in [2.24, 2.45) is 0 Å². The molecule has 0 radical (unpaired) electrons. The number of aryl methyl sites for hydroxylation is 1. The number of hydrogen-bond acceptors (Lipinski definition) is 2. The van der Waals surface area contributed by atoms with Gasteiger partial charge in [-0.05, 0) is 32.4 Å². The molecule has 0 aliphatic rings. The van der Waals surface area contributed by atoms with Gasteiger partial charge < -0.3 is 15.0 Å². The summed E-state index contributed by atoms with van der Waals surface area (Å²) < 4.78 is 1.92. The number of nitrogens with zero attached hydrogens (tertiary/aromatic N) is 1. The lowest BCUT2D eigenvalue weighted by Crippen LogP contribution is -2.46. The van der Waals surface area contributed by atoms with Crippen molar-refractivity contribution in [3.8, 4) is 0 Å². The summed E-state index contributed by atoms with van der Waals surface area (Å²) in [4.78, 5) is 11.9. The second-order valence-electron chi connectivity index (χ2n) is 4.58. The highest BCUT2D eigenvalue weighted by atomic mass is 16.3. The van der Waals surface area contributed by atoms with Gasteiger partial charge in [-0.3, -0.25) is 4.79 Å². The third kappa shape index (κ3) is 3.10. The van der Waals surface area contributed by atoms with E-state index in [1.165, 1.54) is 0 Å². The molecule has 16 heavy (non-hydrogen) atoms. The Kier molecular flexibility index (Phi) is 4.12. The summed E-state index contributed by atoms with van der Waals surface area (Å²) in [5, 5.41) is 11.9. The van der Waals surface area contributed by atoms with Crippen LogP contribution in [0.5, 0.6) is 0 Å². The number of aromatic nitrogens is 1. The summed E-state index contributed by atoms with van der Waals surface area (Å²) in [6.07, 6.45) is 2.88. The number of carbonyl (C=O) groups excluding carboxylic acids is 1.